The van der Waals surface area contributed by atoms with Gasteiger partial charge in [-0.05, 0) is 38.8 Å². The van der Waals surface area contributed by atoms with E-state index in [0.29, 0.717) is 0 Å². The molecule has 2 aromatic heterocycles. The Hall–Kier alpha value is -2.41. The van der Waals surface area contributed by atoms with Crippen LogP contribution in [0.25, 0.3) is 0 Å². The second kappa shape index (κ2) is 9.50. The molecule has 3 heterocycles. The molecule has 1 fully saturated rings. The van der Waals surface area contributed by atoms with Crippen LogP contribution < -0.4 is 5.32 Å². The predicted octanol–water partition coefficient (Wildman–Crippen LogP) is 2.01. The Labute approximate surface area is 161 Å². The van der Waals surface area contributed by atoms with Crippen LogP contribution in [-0.4, -0.2) is 65.2 Å². The molecule has 146 valence electrons. The number of aliphatic imine (C=N–C) groups is 1. The number of aryl methyl sites for hydroxylation is 2. The molecule has 1 N–H and O–H groups in total. The summed E-state index contributed by atoms with van der Waals surface area (Å²) in [5.74, 6) is 1.88. The molecule has 0 aliphatic carbocycles. The van der Waals surface area contributed by atoms with Gasteiger partial charge in [0.1, 0.15) is 5.76 Å². The van der Waals surface area contributed by atoms with Crippen LogP contribution in [0.2, 0.25) is 0 Å². The van der Waals surface area contributed by atoms with Crippen molar-refractivity contribution in [2.24, 2.45) is 4.99 Å². The highest BCUT2D eigenvalue weighted by Crippen LogP contribution is 2.09. The minimum Gasteiger partial charge on any atom is -0.361 e. The average molecular weight is 371 g/mol. The first-order valence-corrected chi connectivity index (χ1v) is 9.73. The van der Waals surface area contributed by atoms with Gasteiger partial charge in [-0.1, -0.05) is 11.2 Å². The minimum atomic E-state index is 0.769. The Bertz CT molecular complexity index is 731. The molecule has 0 radical (unpaired) electrons. The molecule has 0 atom stereocenters. The van der Waals surface area contributed by atoms with E-state index in [1.54, 1.807) is 0 Å². The third-order valence-corrected chi connectivity index (χ3v) is 4.70. The zero-order valence-electron chi connectivity index (χ0n) is 16.6. The van der Waals surface area contributed by atoms with E-state index in [9.17, 15) is 0 Å². The van der Waals surface area contributed by atoms with Gasteiger partial charge in [0.25, 0.3) is 0 Å². The molecular weight excluding hydrogens is 340 g/mol. The highest BCUT2D eigenvalue weighted by molar-refractivity contribution is 5.80. The first-order valence-electron chi connectivity index (χ1n) is 9.73. The van der Waals surface area contributed by atoms with Crippen LogP contribution in [0, 0.1) is 13.8 Å². The lowest BCUT2D eigenvalue weighted by Gasteiger charge is -2.36. The first-order chi connectivity index (χ1) is 13.1. The standard InChI is InChI=1S/C20H30N6O/c1-4-21-20(22-8-7-18-6-5-16(2)23-14-18)26-11-9-25(10-12-26)15-19-13-17(3)27-24-19/h5-6,13-14H,4,7-12,15H2,1-3H3,(H,21,22). The highest BCUT2D eigenvalue weighted by atomic mass is 16.5. The second-order valence-electron chi connectivity index (χ2n) is 6.99. The third-order valence-electron chi connectivity index (χ3n) is 4.70. The molecule has 2 aromatic rings. The van der Waals surface area contributed by atoms with Crippen molar-refractivity contribution in [3.8, 4) is 0 Å². The summed E-state index contributed by atoms with van der Waals surface area (Å²) in [6, 6.07) is 6.20. The Morgan fingerprint density at radius 1 is 1.22 bits per heavy atom. The van der Waals surface area contributed by atoms with Crippen molar-refractivity contribution >= 4 is 5.96 Å². The van der Waals surface area contributed by atoms with Crippen LogP contribution in [0.3, 0.4) is 0 Å². The van der Waals surface area contributed by atoms with Gasteiger partial charge in [-0.2, -0.15) is 0 Å². The molecule has 7 nitrogen and oxygen atoms in total. The van der Waals surface area contributed by atoms with Crippen molar-refractivity contribution in [2.75, 3.05) is 39.3 Å². The van der Waals surface area contributed by atoms with Crippen LogP contribution in [0.5, 0.6) is 0 Å². The summed E-state index contributed by atoms with van der Waals surface area (Å²) in [4.78, 5) is 13.9. The van der Waals surface area contributed by atoms with Crippen LogP contribution in [0.1, 0.15) is 29.6 Å². The minimum absolute atomic E-state index is 0.769. The van der Waals surface area contributed by atoms with Gasteiger partial charge in [0.2, 0.25) is 0 Å². The van der Waals surface area contributed by atoms with E-state index in [-0.39, 0.29) is 0 Å². The number of hydrogen-bond donors (Lipinski definition) is 1. The molecule has 1 aliphatic rings. The molecule has 0 aromatic carbocycles. The summed E-state index contributed by atoms with van der Waals surface area (Å²) < 4.78 is 5.16. The SMILES string of the molecule is CCNC(=NCCc1ccc(C)nc1)N1CCN(Cc2cc(C)on2)CC1. The Kier molecular flexibility index (Phi) is 6.81. The van der Waals surface area contributed by atoms with Gasteiger partial charge in [0, 0.05) is 63.8 Å². The van der Waals surface area contributed by atoms with Crippen molar-refractivity contribution in [1.82, 2.24) is 25.3 Å². The van der Waals surface area contributed by atoms with Gasteiger partial charge in [0.05, 0.1) is 5.69 Å². The van der Waals surface area contributed by atoms with Gasteiger partial charge in [0.15, 0.2) is 5.96 Å². The Morgan fingerprint density at radius 3 is 2.67 bits per heavy atom. The fourth-order valence-electron chi connectivity index (χ4n) is 3.20. The lowest BCUT2D eigenvalue weighted by atomic mass is 10.2. The topological polar surface area (TPSA) is 69.8 Å². The monoisotopic (exact) mass is 370 g/mol. The lowest BCUT2D eigenvalue weighted by molar-refractivity contribution is 0.169. The zero-order chi connectivity index (χ0) is 19.1. The van der Waals surface area contributed by atoms with Crippen LogP contribution in [0.4, 0.5) is 0 Å². The van der Waals surface area contributed by atoms with Gasteiger partial charge in [-0.15, -0.1) is 0 Å². The van der Waals surface area contributed by atoms with E-state index in [1.807, 2.05) is 26.1 Å². The number of pyridine rings is 1. The summed E-state index contributed by atoms with van der Waals surface area (Å²) in [5, 5.41) is 7.53. The van der Waals surface area contributed by atoms with E-state index in [4.69, 9.17) is 9.52 Å². The quantitative estimate of drug-likeness (QED) is 0.620. The predicted molar refractivity (Wildman–Crippen MR) is 107 cm³/mol. The summed E-state index contributed by atoms with van der Waals surface area (Å²) in [5.41, 5.74) is 3.29. The second-order valence-corrected chi connectivity index (χ2v) is 6.99. The fourth-order valence-corrected chi connectivity index (χ4v) is 3.20. The van der Waals surface area contributed by atoms with Crippen molar-refractivity contribution in [3.63, 3.8) is 0 Å². The molecule has 0 saturated carbocycles. The average Bonchev–Trinajstić information content (AvgIpc) is 3.08. The Balaban J connectivity index is 1.50. The van der Waals surface area contributed by atoms with E-state index >= 15 is 0 Å². The number of hydrogen-bond acceptors (Lipinski definition) is 5. The smallest absolute Gasteiger partial charge is 0.194 e. The summed E-state index contributed by atoms with van der Waals surface area (Å²) in [6.07, 6.45) is 2.86. The van der Waals surface area contributed by atoms with E-state index in [1.165, 1.54) is 5.56 Å². The maximum Gasteiger partial charge on any atom is 0.194 e. The van der Waals surface area contributed by atoms with Crippen LogP contribution in [-0.2, 0) is 13.0 Å². The molecule has 27 heavy (non-hydrogen) atoms. The lowest BCUT2D eigenvalue weighted by Crippen LogP contribution is -2.52. The van der Waals surface area contributed by atoms with E-state index in [2.05, 4.69) is 44.3 Å². The maximum atomic E-state index is 5.16. The third kappa shape index (κ3) is 5.79. The summed E-state index contributed by atoms with van der Waals surface area (Å²) in [6.45, 7) is 12.5. The van der Waals surface area contributed by atoms with Gasteiger partial charge < -0.3 is 14.7 Å². The fraction of sp³-hybridized carbons (Fsp3) is 0.550. The van der Waals surface area contributed by atoms with Crippen molar-refractivity contribution in [3.05, 3.63) is 47.1 Å². The summed E-state index contributed by atoms with van der Waals surface area (Å²) in [7, 11) is 0. The molecule has 1 saturated heterocycles. The van der Waals surface area contributed by atoms with E-state index < -0.39 is 0 Å². The highest BCUT2D eigenvalue weighted by Gasteiger charge is 2.20. The van der Waals surface area contributed by atoms with Gasteiger partial charge >= 0.3 is 0 Å². The van der Waals surface area contributed by atoms with Crippen molar-refractivity contribution in [1.29, 1.82) is 0 Å². The Morgan fingerprint density at radius 2 is 2.04 bits per heavy atom. The number of nitrogens with zero attached hydrogens (tertiary/aromatic N) is 5. The number of aromatic nitrogens is 2. The molecule has 7 heteroatoms. The molecule has 0 spiro atoms. The van der Waals surface area contributed by atoms with Crippen molar-refractivity contribution < 1.29 is 4.52 Å². The number of guanidine groups is 1. The molecule has 1 aliphatic heterocycles. The zero-order valence-corrected chi connectivity index (χ0v) is 16.6. The molecule has 3 rings (SSSR count). The molecule has 0 amide bonds. The number of nitrogens with one attached hydrogen (secondary N) is 1. The first kappa shape index (κ1) is 19.4. The van der Waals surface area contributed by atoms with Crippen molar-refractivity contribution in [2.45, 2.75) is 33.7 Å². The maximum absolute atomic E-state index is 5.16. The van der Waals surface area contributed by atoms with Gasteiger partial charge in [-0.3, -0.25) is 14.9 Å². The van der Waals surface area contributed by atoms with Crippen LogP contribution >= 0.6 is 0 Å². The van der Waals surface area contributed by atoms with E-state index in [0.717, 1.165) is 75.3 Å². The summed E-state index contributed by atoms with van der Waals surface area (Å²) >= 11 is 0. The van der Waals surface area contributed by atoms with Crippen LogP contribution in [0.15, 0.2) is 33.9 Å². The molecule has 0 bridgehead atoms. The van der Waals surface area contributed by atoms with Gasteiger partial charge in [-0.25, -0.2) is 0 Å². The number of piperazine rings is 1. The molecular formula is C20H30N6O. The largest absolute Gasteiger partial charge is 0.361 e. The number of rotatable bonds is 6. The molecule has 0 unspecified atom stereocenters. The normalized spacial score (nSPS) is 16.0.